The lowest BCUT2D eigenvalue weighted by Crippen LogP contribution is -2.46. The Morgan fingerprint density at radius 1 is 0.667 bits per heavy atom. The Kier molecular flexibility index (Phi) is 10.6. The molecule has 1 atom stereocenters. The van der Waals surface area contributed by atoms with Crippen LogP contribution in [0.5, 0.6) is 0 Å². The van der Waals surface area contributed by atoms with E-state index in [1.54, 1.807) is 0 Å². The van der Waals surface area contributed by atoms with Crippen molar-refractivity contribution in [3.63, 3.8) is 0 Å². The van der Waals surface area contributed by atoms with Gasteiger partial charge in [0.15, 0.2) is 0 Å². The molecule has 0 aliphatic rings. The standard InChI is InChI=1S/C25H50N2O3/c1-22(2,3)17-18(23(4,5)6)20(28)26-13-15-30-16-14-27-21(29)19(24(7,8)9)25(10,11)12/h18-19H,13-17H2,1-12H3,(H,26,28)(H,27,29). The van der Waals surface area contributed by atoms with E-state index in [2.05, 4.69) is 93.7 Å². The van der Waals surface area contributed by atoms with Gasteiger partial charge < -0.3 is 15.4 Å². The second-order valence-electron chi connectivity index (χ2n) is 13.0. The fraction of sp³-hybridized carbons (Fsp3) is 0.920. The maximum absolute atomic E-state index is 12.7. The van der Waals surface area contributed by atoms with Gasteiger partial charge in [0.1, 0.15) is 0 Å². The third-order valence-corrected chi connectivity index (χ3v) is 5.26. The van der Waals surface area contributed by atoms with E-state index < -0.39 is 0 Å². The lowest BCUT2D eigenvalue weighted by Gasteiger charge is -2.39. The van der Waals surface area contributed by atoms with E-state index in [1.807, 2.05) is 0 Å². The second kappa shape index (κ2) is 11.0. The normalized spacial score (nSPS) is 14.6. The highest BCUT2D eigenvalue weighted by atomic mass is 16.5. The lowest BCUT2D eigenvalue weighted by molar-refractivity contribution is -0.133. The zero-order valence-corrected chi connectivity index (χ0v) is 21.9. The molecule has 1 unspecified atom stereocenters. The van der Waals surface area contributed by atoms with Crippen LogP contribution in [0.2, 0.25) is 0 Å². The number of amides is 2. The summed E-state index contributed by atoms with van der Waals surface area (Å²) >= 11 is 0. The molecule has 0 saturated heterocycles. The summed E-state index contributed by atoms with van der Waals surface area (Å²) in [4.78, 5) is 25.4. The van der Waals surface area contributed by atoms with Gasteiger partial charge in [-0.1, -0.05) is 83.1 Å². The van der Waals surface area contributed by atoms with Crippen LogP contribution >= 0.6 is 0 Å². The highest BCUT2D eigenvalue weighted by Crippen LogP contribution is 2.40. The molecule has 0 aliphatic carbocycles. The van der Waals surface area contributed by atoms with Crippen LogP contribution in [0.1, 0.15) is 89.5 Å². The molecule has 30 heavy (non-hydrogen) atoms. The highest BCUT2D eigenvalue weighted by Gasteiger charge is 2.40. The molecule has 0 aromatic rings. The topological polar surface area (TPSA) is 67.4 Å². The van der Waals surface area contributed by atoms with Crippen molar-refractivity contribution in [2.45, 2.75) is 89.5 Å². The van der Waals surface area contributed by atoms with Crippen LogP contribution in [0.15, 0.2) is 0 Å². The van der Waals surface area contributed by atoms with Gasteiger partial charge in [0.2, 0.25) is 11.8 Å². The van der Waals surface area contributed by atoms with Crippen molar-refractivity contribution in [3.8, 4) is 0 Å². The molecule has 5 nitrogen and oxygen atoms in total. The van der Waals surface area contributed by atoms with Crippen molar-refractivity contribution in [3.05, 3.63) is 0 Å². The van der Waals surface area contributed by atoms with Gasteiger partial charge >= 0.3 is 0 Å². The zero-order valence-electron chi connectivity index (χ0n) is 21.9. The quantitative estimate of drug-likeness (QED) is 0.507. The number of carbonyl (C=O) groups excluding carboxylic acids is 2. The molecule has 0 rings (SSSR count). The van der Waals surface area contributed by atoms with Gasteiger partial charge in [-0.05, 0) is 28.1 Å². The molecular formula is C25H50N2O3. The first-order valence-corrected chi connectivity index (χ1v) is 11.4. The fourth-order valence-corrected chi connectivity index (χ4v) is 4.31. The zero-order chi connectivity index (χ0) is 24.0. The summed E-state index contributed by atoms with van der Waals surface area (Å²) in [6.45, 7) is 27.3. The van der Waals surface area contributed by atoms with Crippen LogP contribution in [0.25, 0.3) is 0 Å². The molecule has 0 aromatic carbocycles. The Hall–Kier alpha value is -1.10. The number of nitrogens with one attached hydrogen (secondary N) is 2. The van der Waals surface area contributed by atoms with Crippen LogP contribution < -0.4 is 10.6 Å². The summed E-state index contributed by atoms with van der Waals surface area (Å²) in [6.07, 6.45) is 0.845. The molecule has 0 fully saturated rings. The number of rotatable bonds is 9. The van der Waals surface area contributed by atoms with Crippen molar-refractivity contribution in [1.82, 2.24) is 10.6 Å². The van der Waals surface area contributed by atoms with E-state index in [9.17, 15) is 9.59 Å². The number of hydrogen-bond donors (Lipinski definition) is 2. The molecule has 0 spiro atoms. The minimum atomic E-state index is -0.107. The first-order valence-electron chi connectivity index (χ1n) is 11.4. The molecule has 0 aliphatic heterocycles. The second-order valence-corrected chi connectivity index (χ2v) is 13.0. The maximum atomic E-state index is 12.7. The van der Waals surface area contributed by atoms with Crippen molar-refractivity contribution in [1.29, 1.82) is 0 Å². The van der Waals surface area contributed by atoms with Gasteiger partial charge in [0.25, 0.3) is 0 Å². The predicted octanol–water partition coefficient (Wildman–Crippen LogP) is 5.04. The van der Waals surface area contributed by atoms with Gasteiger partial charge in [-0.2, -0.15) is 0 Å². The van der Waals surface area contributed by atoms with E-state index >= 15 is 0 Å². The molecule has 0 aromatic heterocycles. The van der Waals surface area contributed by atoms with Crippen LogP contribution in [0, 0.1) is 33.5 Å². The van der Waals surface area contributed by atoms with Crippen LogP contribution in [-0.4, -0.2) is 38.1 Å². The summed E-state index contributed by atoms with van der Waals surface area (Å²) < 4.78 is 5.62. The van der Waals surface area contributed by atoms with Gasteiger partial charge in [0.05, 0.1) is 13.2 Å². The minimum absolute atomic E-state index is 0.0384. The third kappa shape index (κ3) is 11.3. The van der Waals surface area contributed by atoms with Crippen molar-refractivity contribution < 1.29 is 14.3 Å². The lowest BCUT2D eigenvalue weighted by atomic mass is 9.66. The van der Waals surface area contributed by atoms with E-state index in [1.165, 1.54) is 0 Å². The Bertz CT molecular complexity index is 529. The summed E-state index contributed by atoms with van der Waals surface area (Å²) in [5.41, 5.74) is -0.199. The summed E-state index contributed by atoms with van der Waals surface area (Å²) in [7, 11) is 0. The first kappa shape index (κ1) is 28.9. The number of ether oxygens (including phenoxy) is 1. The summed E-state index contributed by atoms with van der Waals surface area (Å²) in [6, 6.07) is 0. The fourth-order valence-electron chi connectivity index (χ4n) is 4.31. The van der Waals surface area contributed by atoms with Crippen LogP contribution in [0.3, 0.4) is 0 Å². The molecule has 0 bridgehead atoms. The monoisotopic (exact) mass is 426 g/mol. The van der Waals surface area contributed by atoms with Crippen molar-refractivity contribution in [2.24, 2.45) is 33.5 Å². The van der Waals surface area contributed by atoms with E-state index in [0.717, 1.165) is 6.42 Å². The highest BCUT2D eigenvalue weighted by molar-refractivity contribution is 5.80. The molecule has 0 heterocycles. The SMILES string of the molecule is CC(C)(C)CC(C(=O)NCCOCCNC(=O)C(C(C)(C)C)C(C)(C)C)C(C)(C)C. The first-order chi connectivity index (χ1) is 13.3. The Morgan fingerprint density at radius 3 is 1.40 bits per heavy atom. The molecule has 0 saturated carbocycles. The van der Waals surface area contributed by atoms with E-state index in [4.69, 9.17) is 4.74 Å². The molecular weight excluding hydrogens is 376 g/mol. The Balaban J connectivity index is 4.36. The van der Waals surface area contributed by atoms with Gasteiger partial charge in [-0.3, -0.25) is 9.59 Å². The summed E-state index contributed by atoms with van der Waals surface area (Å²) in [5, 5.41) is 6.03. The van der Waals surface area contributed by atoms with Crippen LogP contribution in [0.4, 0.5) is 0 Å². The third-order valence-electron chi connectivity index (χ3n) is 5.26. The maximum Gasteiger partial charge on any atom is 0.224 e. The average Bonchev–Trinajstić information content (AvgIpc) is 2.46. The molecule has 2 amide bonds. The van der Waals surface area contributed by atoms with Gasteiger partial charge in [-0.25, -0.2) is 0 Å². The van der Waals surface area contributed by atoms with Crippen LogP contribution in [-0.2, 0) is 14.3 Å². The number of hydrogen-bond acceptors (Lipinski definition) is 3. The molecule has 5 heteroatoms. The van der Waals surface area contributed by atoms with Gasteiger partial charge in [0, 0.05) is 24.9 Å². The molecule has 2 N–H and O–H groups in total. The molecule has 178 valence electrons. The number of carbonyl (C=O) groups is 2. The Morgan fingerprint density at radius 2 is 1.07 bits per heavy atom. The van der Waals surface area contributed by atoms with Crippen molar-refractivity contribution in [2.75, 3.05) is 26.3 Å². The smallest absolute Gasteiger partial charge is 0.224 e. The van der Waals surface area contributed by atoms with Gasteiger partial charge in [-0.15, -0.1) is 0 Å². The minimum Gasteiger partial charge on any atom is -0.378 e. The largest absolute Gasteiger partial charge is 0.378 e. The molecule has 0 radical (unpaired) electrons. The Labute approximate surface area is 186 Å². The average molecular weight is 427 g/mol. The summed E-state index contributed by atoms with van der Waals surface area (Å²) in [5.74, 6) is 0.0413. The predicted molar refractivity (Wildman–Crippen MR) is 126 cm³/mol. The van der Waals surface area contributed by atoms with E-state index in [0.29, 0.717) is 26.3 Å². The van der Waals surface area contributed by atoms with Crippen molar-refractivity contribution >= 4 is 11.8 Å². The van der Waals surface area contributed by atoms with E-state index in [-0.39, 0.29) is 45.3 Å².